The van der Waals surface area contributed by atoms with Crippen molar-refractivity contribution in [3.63, 3.8) is 0 Å². The number of hydrogen-bond acceptors (Lipinski definition) is 4. The molecule has 3 aromatic rings. The Morgan fingerprint density at radius 1 is 1.50 bits per heavy atom. The molecule has 1 aromatic carbocycles. The van der Waals surface area contributed by atoms with E-state index < -0.39 is 0 Å². The highest BCUT2D eigenvalue weighted by Crippen LogP contribution is 2.18. The fourth-order valence-corrected chi connectivity index (χ4v) is 2.01. The van der Waals surface area contributed by atoms with Gasteiger partial charge in [0.1, 0.15) is 5.82 Å². The molecule has 2 heterocycles. The smallest absolute Gasteiger partial charge is 0.272 e. The van der Waals surface area contributed by atoms with Crippen LogP contribution in [0.5, 0.6) is 0 Å². The molecule has 1 amide bonds. The number of H-pyrrole nitrogens is 1. The zero-order valence-corrected chi connectivity index (χ0v) is 10.9. The number of aromatic nitrogens is 4. The zero-order chi connectivity index (χ0) is 14.1. The van der Waals surface area contributed by atoms with E-state index in [1.54, 1.807) is 24.4 Å². The number of anilines is 1. The van der Waals surface area contributed by atoms with Crippen molar-refractivity contribution in [1.82, 2.24) is 25.1 Å². The van der Waals surface area contributed by atoms with Gasteiger partial charge in [-0.3, -0.25) is 9.89 Å². The molecule has 4 N–H and O–H groups in total. The Kier molecular flexibility index (Phi) is 2.86. The maximum atomic E-state index is 12.2. The van der Waals surface area contributed by atoms with Crippen LogP contribution in [-0.4, -0.2) is 25.7 Å². The van der Waals surface area contributed by atoms with Crippen molar-refractivity contribution in [2.75, 3.05) is 5.73 Å². The lowest BCUT2D eigenvalue weighted by atomic mass is 10.2. The standard InChI is InChI=1S/C13H14N6O/c1-19-5-4-15-11(19)7-16-13(20)12-9-6-8(14)2-3-10(9)17-18-12/h2-6H,7,14H2,1H3,(H,16,20)(H,17,18). The SMILES string of the molecule is Cn1ccnc1CNC(=O)c1n[nH]c2ccc(N)cc12. The van der Waals surface area contributed by atoms with Crippen molar-refractivity contribution in [1.29, 1.82) is 0 Å². The van der Waals surface area contributed by atoms with Crippen LogP contribution in [0, 0.1) is 0 Å². The number of benzene rings is 1. The summed E-state index contributed by atoms with van der Waals surface area (Å²) >= 11 is 0. The van der Waals surface area contributed by atoms with Gasteiger partial charge in [-0.25, -0.2) is 4.98 Å². The summed E-state index contributed by atoms with van der Waals surface area (Å²) in [6, 6.07) is 5.29. The largest absolute Gasteiger partial charge is 0.399 e. The summed E-state index contributed by atoms with van der Waals surface area (Å²) in [6.07, 6.45) is 3.51. The number of amides is 1. The topological polar surface area (TPSA) is 102 Å². The van der Waals surface area contributed by atoms with E-state index in [2.05, 4.69) is 20.5 Å². The van der Waals surface area contributed by atoms with Crippen LogP contribution in [0.25, 0.3) is 10.9 Å². The van der Waals surface area contributed by atoms with Gasteiger partial charge < -0.3 is 15.6 Å². The minimum atomic E-state index is -0.259. The quantitative estimate of drug-likeness (QED) is 0.613. The Morgan fingerprint density at radius 3 is 3.10 bits per heavy atom. The minimum absolute atomic E-state index is 0.259. The first kappa shape index (κ1) is 12.2. The fraction of sp³-hybridized carbons (Fsp3) is 0.154. The second kappa shape index (κ2) is 4.69. The van der Waals surface area contributed by atoms with Crippen LogP contribution in [-0.2, 0) is 13.6 Å². The summed E-state index contributed by atoms with van der Waals surface area (Å²) in [6.45, 7) is 0.346. The van der Waals surface area contributed by atoms with Crippen molar-refractivity contribution in [2.24, 2.45) is 7.05 Å². The molecule has 7 heteroatoms. The Labute approximate surface area is 114 Å². The summed E-state index contributed by atoms with van der Waals surface area (Å²) in [4.78, 5) is 16.3. The van der Waals surface area contributed by atoms with E-state index in [1.165, 1.54) is 0 Å². The highest BCUT2D eigenvalue weighted by Gasteiger charge is 2.14. The summed E-state index contributed by atoms with van der Waals surface area (Å²) in [5, 5.41) is 10.4. The van der Waals surface area contributed by atoms with Crippen molar-refractivity contribution in [3.05, 3.63) is 42.1 Å². The monoisotopic (exact) mass is 270 g/mol. The van der Waals surface area contributed by atoms with Crippen molar-refractivity contribution < 1.29 is 4.79 Å². The third kappa shape index (κ3) is 2.09. The zero-order valence-electron chi connectivity index (χ0n) is 10.9. The van der Waals surface area contributed by atoms with Gasteiger partial charge in [-0.2, -0.15) is 5.10 Å². The van der Waals surface area contributed by atoms with Crippen molar-refractivity contribution in [3.8, 4) is 0 Å². The maximum absolute atomic E-state index is 12.2. The Hall–Kier alpha value is -2.83. The molecule has 3 rings (SSSR count). The van der Waals surface area contributed by atoms with Crippen LogP contribution >= 0.6 is 0 Å². The van der Waals surface area contributed by atoms with Crippen LogP contribution < -0.4 is 11.1 Å². The molecule has 0 unspecified atom stereocenters. The molecule has 7 nitrogen and oxygen atoms in total. The normalized spacial score (nSPS) is 10.8. The maximum Gasteiger partial charge on any atom is 0.272 e. The number of nitrogen functional groups attached to an aromatic ring is 1. The molecule has 0 fully saturated rings. The average Bonchev–Trinajstić information content (AvgIpc) is 3.02. The van der Waals surface area contributed by atoms with Gasteiger partial charge in [-0.1, -0.05) is 0 Å². The Bertz CT molecular complexity index is 772. The number of carbonyl (C=O) groups excluding carboxylic acids is 1. The van der Waals surface area contributed by atoms with Gasteiger partial charge in [0, 0.05) is 30.5 Å². The number of imidazole rings is 1. The number of nitrogens with one attached hydrogen (secondary N) is 2. The molecule has 0 bridgehead atoms. The van der Waals surface area contributed by atoms with E-state index in [1.807, 2.05) is 17.8 Å². The molecule has 0 radical (unpaired) electrons. The van der Waals surface area contributed by atoms with Crippen molar-refractivity contribution >= 4 is 22.5 Å². The van der Waals surface area contributed by atoms with Crippen LogP contribution in [0.2, 0.25) is 0 Å². The van der Waals surface area contributed by atoms with Gasteiger partial charge in [0.15, 0.2) is 5.69 Å². The highest BCUT2D eigenvalue weighted by molar-refractivity contribution is 6.05. The first-order chi connectivity index (χ1) is 9.65. The summed E-state index contributed by atoms with van der Waals surface area (Å²) < 4.78 is 1.85. The molecule has 0 saturated heterocycles. The van der Waals surface area contributed by atoms with Gasteiger partial charge >= 0.3 is 0 Å². The van der Waals surface area contributed by atoms with Gasteiger partial charge in [0.25, 0.3) is 5.91 Å². The molecule has 0 aliphatic heterocycles. The average molecular weight is 270 g/mol. The summed E-state index contributed by atoms with van der Waals surface area (Å²) in [5.41, 5.74) is 7.44. The third-order valence-corrected chi connectivity index (χ3v) is 3.13. The Morgan fingerprint density at radius 2 is 2.35 bits per heavy atom. The van der Waals surface area contributed by atoms with Crippen LogP contribution in [0.15, 0.2) is 30.6 Å². The van der Waals surface area contributed by atoms with Crippen LogP contribution in [0.1, 0.15) is 16.3 Å². The van der Waals surface area contributed by atoms with E-state index in [0.29, 0.717) is 23.3 Å². The second-order valence-electron chi connectivity index (χ2n) is 4.51. The minimum Gasteiger partial charge on any atom is -0.399 e. The number of nitrogens with two attached hydrogens (primary N) is 1. The van der Waals surface area contributed by atoms with Gasteiger partial charge in [-0.05, 0) is 18.2 Å². The van der Waals surface area contributed by atoms with E-state index in [0.717, 1.165) is 11.3 Å². The van der Waals surface area contributed by atoms with Gasteiger partial charge in [0.2, 0.25) is 0 Å². The lowest BCUT2D eigenvalue weighted by Crippen LogP contribution is -2.24. The number of nitrogens with zero attached hydrogens (tertiary/aromatic N) is 3. The highest BCUT2D eigenvalue weighted by atomic mass is 16.1. The lowest BCUT2D eigenvalue weighted by molar-refractivity contribution is 0.0946. The molecule has 0 spiro atoms. The van der Waals surface area contributed by atoms with E-state index in [4.69, 9.17) is 5.73 Å². The Balaban J connectivity index is 1.82. The molecular formula is C13H14N6O. The second-order valence-corrected chi connectivity index (χ2v) is 4.51. The number of aromatic amines is 1. The molecular weight excluding hydrogens is 256 g/mol. The first-order valence-electron chi connectivity index (χ1n) is 6.13. The van der Waals surface area contributed by atoms with E-state index in [9.17, 15) is 4.79 Å². The molecule has 2 aromatic heterocycles. The van der Waals surface area contributed by atoms with Gasteiger partial charge in [0.05, 0.1) is 12.1 Å². The molecule has 0 aliphatic carbocycles. The third-order valence-electron chi connectivity index (χ3n) is 3.13. The lowest BCUT2D eigenvalue weighted by Gasteiger charge is -2.04. The predicted octanol–water partition coefficient (Wildman–Crippen LogP) is 0.809. The molecule has 102 valence electrons. The van der Waals surface area contributed by atoms with Gasteiger partial charge in [-0.15, -0.1) is 0 Å². The number of hydrogen-bond donors (Lipinski definition) is 3. The number of rotatable bonds is 3. The summed E-state index contributed by atoms with van der Waals surface area (Å²) in [7, 11) is 1.87. The number of aryl methyl sites for hydroxylation is 1. The number of carbonyl (C=O) groups is 1. The molecule has 0 atom stereocenters. The summed E-state index contributed by atoms with van der Waals surface area (Å²) in [5.74, 6) is 0.516. The van der Waals surface area contributed by atoms with Crippen LogP contribution in [0.4, 0.5) is 5.69 Å². The van der Waals surface area contributed by atoms with Crippen LogP contribution in [0.3, 0.4) is 0 Å². The molecule has 20 heavy (non-hydrogen) atoms. The predicted molar refractivity (Wildman–Crippen MR) is 74.9 cm³/mol. The molecule has 0 aliphatic rings. The van der Waals surface area contributed by atoms with Crippen molar-refractivity contribution in [2.45, 2.75) is 6.54 Å². The fourth-order valence-electron chi connectivity index (χ4n) is 2.01. The number of fused-ring (bicyclic) bond motifs is 1. The molecule has 0 saturated carbocycles. The first-order valence-corrected chi connectivity index (χ1v) is 6.13. The van der Waals surface area contributed by atoms with E-state index in [-0.39, 0.29) is 5.91 Å². The van der Waals surface area contributed by atoms with E-state index >= 15 is 0 Å².